The molecule has 0 fully saturated rings. The molecule has 2 unspecified atom stereocenters. The van der Waals surface area contributed by atoms with Gasteiger partial charge in [0.15, 0.2) is 5.96 Å². The molecular weight excluding hydrogens is 373 g/mol. The van der Waals surface area contributed by atoms with Crippen LogP contribution in [0.3, 0.4) is 0 Å². The second-order valence-electron chi connectivity index (χ2n) is 6.68. The summed E-state index contributed by atoms with van der Waals surface area (Å²) in [5.74, 6) is -0.288. The van der Waals surface area contributed by atoms with Crippen molar-refractivity contribution in [3.8, 4) is 0 Å². The van der Waals surface area contributed by atoms with Gasteiger partial charge in [-0.3, -0.25) is 4.79 Å². The van der Waals surface area contributed by atoms with Crippen LogP contribution in [0.5, 0.6) is 0 Å². The van der Waals surface area contributed by atoms with Crippen molar-refractivity contribution < 1.29 is 22.7 Å². The highest BCUT2D eigenvalue weighted by molar-refractivity contribution is 5.85. The van der Waals surface area contributed by atoms with Crippen LogP contribution in [0.1, 0.15) is 30.9 Å². The molecule has 1 amide bonds. The number of carbonyl (C=O) groups is 1. The molecule has 0 bridgehead atoms. The van der Waals surface area contributed by atoms with E-state index in [4.69, 9.17) is 4.74 Å². The molecule has 1 rings (SSSR count). The van der Waals surface area contributed by atoms with Gasteiger partial charge in [-0.25, -0.2) is 4.99 Å². The van der Waals surface area contributed by atoms with Crippen LogP contribution < -0.4 is 10.6 Å². The van der Waals surface area contributed by atoms with E-state index < -0.39 is 17.7 Å². The molecule has 6 nitrogen and oxygen atoms in total. The first-order chi connectivity index (χ1) is 13.1. The van der Waals surface area contributed by atoms with Crippen LogP contribution in [0.25, 0.3) is 0 Å². The Kier molecular flexibility index (Phi) is 9.24. The topological polar surface area (TPSA) is 66.0 Å². The van der Waals surface area contributed by atoms with Gasteiger partial charge >= 0.3 is 6.18 Å². The van der Waals surface area contributed by atoms with E-state index in [1.54, 1.807) is 41.1 Å². The average Bonchev–Trinajstić information content (AvgIpc) is 2.64. The number of alkyl halides is 3. The number of carbonyl (C=O) groups excluding carboxylic acids is 1. The van der Waals surface area contributed by atoms with E-state index in [1.807, 2.05) is 0 Å². The number of nitrogens with one attached hydrogen (secondary N) is 2. The Labute approximate surface area is 164 Å². The zero-order chi connectivity index (χ0) is 21.3. The number of benzene rings is 1. The molecule has 2 N–H and O–H groups in total. The molecule has 0 aromatic heterocycles. The Bertz CT molecular complexity index is 663. The largest absolute Gasteiger partial charge is 0.416 e. The third kappa shape index (κ3) is 7.38. The summed E-state index contributed by atoms with van der Waals surface area (Å²) in [5, 5.41) is 6.11. The van der Waals surface area contributed by atoms with E-state index in [2.05, 4.69) is 15.6 Å². The van der Waals surface area contributed by atoms with Crippen LogP contribution >= 0.6 is 0 Å². The first-order valence-corrected chi connectivity index (χ1v) is 8.98. The quantitative estimate of drug-likeness (QED) is 0.398. The minimum atomic E-state index is -4.42. The molecule has 0 aliphatic heterocycles. The average molecular weight is 402 g/mol. The van der Waals surface area contributed by atoms with Crippen molar-refractivity contribution >= 4 is 11.9 Å². The molecule has 2 atom stereocenters. The maximum absolute atomic E-state index is 13.3. The summed E-state index contributed by atoms with van der Waals surface area (Å²) in [7, 11) is 4.81. The first kappa shape index (κ1) is 23.7. The van der Waals surface area contributed by atoms with Crippen LogP contribution in [0.15, 0.2) is 29.3 Å². The highest BCUT2D eigenvalue weighted by atomic mass is 19.4. The fraction of sp³-hybridized carbons (Fsp3) is 0.579. The van der Waals surface area contributed by atoms with Crippen molar-refractivity contribution in [2.24, 2.45) is 4.99 Å². The van der Waals surface area contributed by atoms with Crippen molar-refractivity contribution in [1.82, 2.24) is 15.5 Å². The number of guanidine groups is 1. The number of aliphatic imine (C=N–C) groups is 1. The van der Waals surface area contributed by atoms with Crippen LogP contribution in [0.4, 0.5) is 13.2 Å². The van der Waals surface area contributed by atoms with Crippen LogP contribution in [0, 0.1) is 0 Å². The second kappa shape index (κ2) is 10.9. The zero-order valence-electron chi connectivity index (χ0n) is 16.9. The lowest BCUT2D eigenvalue weighted by Crippen LogP contribution is -2.45. The van der Waals surface area contributed by atoms with Crippen LogP contribution in [-0.4, -0.2) is 63.7 Å². The number of methoxy groups -OCH3 is 1. The molecule has 0 radical (unpaired) electrons. The number of hydrogen-bond donors (Lipinski definition) is 2. The summed E-state index contributed by atoms with van der Waals surface area (Å²) in [6.07, 6.45) is -4.42. The standard InChI is InChI=1S/C19H29F3N4O2/c1-13(15-8-6-7-9-16(15)19(20,21)22)14(2)25-18(23-10-11-28-5)24-12-17(27)26(3)4/h6-9,13-14H,10-12H2,1-5H3,(H2,23,24,25). The van der Waals surface area contributed by atoms with Crippen molar-refractivity contribution in [1.29, 1.82) is 0 Å². The number of rotatable bonds is 8. The van der Waals surface area contributed by atoms with Gasteiger partial charge in [0.25, 0.3) is 0 Å². The number of nitrogens with zero attached hydrogens (tertiary/aromatic N) is 2. The molecule has 9 heteroatoms. The van der Waals surface area contributed by atoms with Gasteiger partial charge in [-0.15, -0.1) is 0 Å². The normalized spacial score (nSPS) is 14.4. The van der Waals surface area contributed by atoms with Gasteiger partial charge in [0, 0.05) is 39.7 Å². The predicted molar refractivity (Wildman–Crippen MR) is 103 cm³/mol. The van der Waals surface area contributed by atoms with E-state index in [0.717, 1.165) is 6.07 Å². The van der Waals surface area contributed by atoms with Gasteiger partial charge < -0.3 is 20.3 Å². The minimum absolute atomic E-state index is 0.0739. The molecular formula is C19H29F3N4O2. The molecule has 158 valence electrons. The molecule has 0 saturated carbocycles. The van der Waals surface area contributed by atoms with E-state index >= 15 is 0 Å². The summed E-state index contributed by atoms with van der Waals surface area (Å²) in [6, 6.07) is 5.17. The summed E-state index contributed by atoms with van der Waals surface area (Å²) in [6.45, 7) is 4.29. The number of hydrogen-bond acceptors (Lipinski definition) is 3. The van der Waals surface area contributed by atoms with Crippen molar-refractivity contribution in [3.63, 3.8) is 0 Å². The third-order valence-corrected chi connectivity index (χ3v) is 4.34. The predicted octanol–water partition coefficient (Wildman–Crippen LogP) is 2.47. The van der Waals surface area contributed by atoms with E-state index in [9.17, 15) is 18.0 Å². The Balaban J connectivity index is 2.96. The maximum Gasteiger partial charge on any atom is 0.416 e. The van der Waals surface area contributed by atoms with Crippen molar-refractivity contribution in [2.45, 2.75) is 32.0 Å². The van der Waals surface area contributed by atoms with E-state index in [0.29, 0.717) is 19.1 Å². The van der Waals surface area contributed by atoms with Crippen LogP contribution in [0.2, 0.25) is 0 Å². The van der Waals surface area contributed by atoms with Gasteiger partial charge in [-0.1, -0.05) is 25.1 Å². The molecule has 0 aliphatic carbocycles. The smallest absolute Gasteiger partial charge is 0.383 e. The Morgan fingerprint density at radius 3 is 2.46 bits per heavy atom. The minimum Gasteiger partial charge on any atom is -0.383 e. The van der Waals surface area contributed by atoms with Crippen molar-refractivity contribution in [3.05, 3.63) is 35.4 Å². The van der Waals surface area contributed by atoms with E-state index in [-0.39, 0.29) is 24.1 Å². The molecule has 0 aliphatic rings. The lowest BCUT2D eigenvalue weighted by molar-refractivity contribution is -0.138. The maximum atomic E-state index is 13.3. The summed E-state index contributed by atoms with van der Waals surface area (Å²) in [5.41, 5.74) is -0.444. The highest BCUT2D eigenvalue weighted by Crippen LogP contribution is 2.35. The number of amides is 1. The molecule has 0 saturated heterocycles. The van der Waals surface area contributed by atoms with Gasteiger partial charge in [0.2, 0.25) is 5.91 Å². The molecule has 0 spiro atoms. The molecule has 1 aromatic carbocycles. The third-order valence-electron chi connectivity index (χ3n) is 4.34. The number of ether oxygens (including phenoxy) is 1. The SMILES string of the molecule is COCCNC(=NCC(=O)N(C)C)NC(C)C(C)c1ccccc1C(F)(F)F. The highest BCUT2D eigenvalue weighted by Gasteiger charge is 2.35. The fourth-order valence-electron chi connectivity index (χ4n) is 2.47. The number of halogens is 3. The molecule has 28 heavy (non-hydrogen) atoms. The van der Waals surface area contributed by atoms with E-state index in [1.165, 1.54) is 17.0 Å². The van der Waals surface area contributed by atoms with Crippen molar-refractivity contribution in [2.75, 3.05) is 40.9 Å². The summed E-state index contributed by atoms with van der Waals surface area (Å²) in [4.78, 5) is 17.4. The zero-order valence-corrected chi connectivity index (χ0v) is 16.9. The Hall–Kier alpha value is -2.29. The monoisotopic (exact) mass is 402 g/mol. The first-order valence-electron chi connectivity index (χ1n) is 8.98. The summed E-state index contributed by atoms with van der Waals surface area (Å²) >= 11 is 0. The Morgan fingerprint density at radius 2 is 1.89 bits per heavy atom. The Morgan fingerprint density at radius 1 is 1.25 bits per heavy atom. The molecule has 1 aromatic rings. The lowest BCUT2D eigenvalue weighted by Gasteiger charge is -2.26. The van der Waals surface area contributed by atoms with Crippen LogP contribution in [-0.2, 0) is 15.7 Å². The summed E-state index contributed by atoms with van der Waals surface area (Å²) < 4.78 is 44.9. The van der Waals surface area contributed by atoms with Gasteiger partial charge in [0.1, 0.15) is 6.54 Å². The fourth-order valence-corrected chi connectivity index (χ4v) is 2.47. The van der Waals surface area contributed by atoms with Gasteiger partial charge in [-0.05, 0) is 18.6 Å². The van der Waals surface area contributed by atoms with Gasteiger partial charge in [0.05, 0.1) is 12.2 Å². The molecule has 0 heterocycles. The second-order valence-corrected chi connectivity index (χ2v) is 6.68. The number of likely N-dealkylation sites (N-methyl/N-ethyl adjacent to an activating group) is 1. The van der Waals surface area contributed by atoms with Gasteiger partial charge in [-0.2, -0.15) is 13.2 Å². The lowest BCUT2D eigenvalue weighted by atomic mass is 9.90.